The van der Waals surface area contributed by atoms with Crippen LogP contribution < -0.4 is 5.32 Å². The highest BCUT2D eigenvalue weighted by Crippen LogP contribution is 2.05. The van der Waals surface area contributed by atoms with E-state index in [4.69, 9.17) is 10.00 Å². The van der Waals surface area contributed by atoms with Gasteiger partial charge in [-0.25, -0.2) is 9.97 Å². The molecule has 0 amide bonds. The molecule has 84 valence electrons. The van der Waals surface area contributed by atoms with Gasteiger partial charge in [0.2, 0.25) is 0 Å². The molecule has 1 N–H and O–H groups in total. The van der Waals surface area contributed by atoms with E-state index in [1.165, 1.54) is 12.4 Å². The third-order valence-electron chi connectivity index (χ3n) is 1.69. The van der Waals surface area contributed by atoms with E-state index in [1.807, 2.05) is 13.0 Å². The molecule has 16 heavy (non-hydrogen) atoms. The molecule has 5 nitrogen and oxygen atoms in total. The van der Waals surface area contributed by atoms with Crippen LogP contribution in [0.2, 0.25) is 0 Å². The van der Waals surface area contributed by atoms with Crippen molar-refractivity contribution in [1.29, 1.82) is 5.26 Å². The molecule has 0 aliphatic carbocycles. The zero-order valence-corrected chi connectivity index (χ0v) is 9.23. The maximum absolute atomic E-state index is 8.76. The molecule has 1 heterocycles. The van der Waals surface area contributed by atoms with Crippen LogP contribution in [-0.2, 0) is 4.74 Å². The Morgan fingerprint density at radius 1 is 1.56 bits per heavy atom. The number of ether oxygens (including phenoxy) is 1. The minimum atomic E-state index is 0.294. The molecule has 0 aliphatic heterocycles. The Hall–Kier alpha value is -1.93. The van der Waals surface area contributed by atoms with Gasteiger partial charge in [0, 0.05) is 18.9 Å². The van der Waals surface area contributed by atoms with Crippen molar-refractivity contribution in [3.05, 3.63) is 30.2 Å². The molecular formula is C11H14N4O. The zero-order valence-electron chi connectivity index (χ0n) is 9.23. The van der Waals surface area contributed by atoms with Gasteiger partial charge in [-0.15, -0.1) is 0 Å². The average molecular weight is 218 g/mol. The topological polar surface area (TPSA) is 70.8 Å². The molecule has 0 fully saturated rings. The molecule has 0 unspecified atom stereocenters. The van der Waals surface area contributed by atoms with E-state index >= 15 is 0 Å². The molecule has 1 rings (SSSR count). The first-order chi connectivity index (χ1) is 7.74. The van der Waals surface area contributed by atoms with E-state index in [-0.39, 0.29) is 0 Å². The molecule has 5 heteroatoms. The molecule has 0 bridgehead atoms. The Labute approximate surface area is 94.8 Å². The van der Waals surface area contributed by atoms with E-state index in [1.54, 1.807) is 0 Å². The largest absolute Gasteiger partial charge is 0.375 e. The average Bonchev–Trinajstić information content (AvgIpc) is 2.29. The Morgan fingerprint density at radius 2 is 2.31 bits per heavy atom. The third-order valence-corrected chi connectivity index (χ3v) is 1.69. The quantitative estimate of drug-likeness (QED) is 0.576. The van der Waals surface area contributed by atoms with Crippen molar-refractivity contribution in [1.82, 2.24) is 9.97 Å². The highest BCUT2D eigenvalue weighted by Gasteiger charge is 2.01. The second-order valence-electron chi connectivity index (χ2n) is 3.30. The van der Waals surface area contributed by atoms with Crippen molar-refractivity contribution >= 4 is 5.82 Å². The van der Waals surface area contributed by atoms with Crippen LogP contribution in [0.3, 0.4) is 0 Å². The van der Waals surface area contributed by atoms with E-state index in [0.717, 1.165) is 5.57 Å². The summed E-state index contributed by atoms with van der Waals surface area (Å²) in [6.45, 7) is 7.30. The first-order valence-electron chi connectivity index (χ1n) is 4.91. The minimum Gasteiger partial charge on any atom is -0.375 e. The normalized spacial score (nSPS) is 9.50. The first-order valence-corrected chi connectivity index (χ1v) is 4.91. The van der Waals surface area contributed by atoms with Gasteiger partial charge < -0.3 is 10.1 Å². The van der Waals surface area contributed by atoms with Gasteiger partial charge in [-0.2, -0.15) is 5.26 Å². The predicted molar refractivity (Wildman–Crippen MR) is 60.9 cm³/mol. The van der Waals surface area contributed by atoms with Crippen LogP contribution in [0, 0.1) is 11.3 Å². The molecule has 1 aromatic rings. The Morgan fingerprint density at radius 3 is 3.00 bits per heavy atom. The van der Waals surface area contributed by atoms with Crippen LogP contribution >= 0.6 is 0 Å². The number of hydrogen-bond acceptors (Lipinski definition) is 5. The second kappa shape index (κ2) is 6.53. The number of nitrogens with zero attached hydrogens (tertiary/aromatic N) is 3. The fraction of sp³-hybridized carbons (Fsp3) is 0.364. The summed E-state index contributed by atoms with van der Waals surface area (Å²) in [6.07, 6.45) is 3.03. The molecule has 0 aromatic carbocycles. The molecule has 0 spiro atoms. The monoisotopic (exact) mass is 218 g/mol. The number of hydrogen-bond donors (Lipinski definition) is 1. The van der Waals surface area contributed by atoms with E-state index < -0.39 is 0 Å². The Bertz CT molecular complexity index is 397. The van der Waals surface area contributed by atoms with E-state index in [0.29, 0.717) is 31.3 Å². The van der Waals surface area contributed by atoms with Crippen LogP contribution in [0.25, 0.3) is 0 Å². The minimum absolute atomic E-state index is 0.294. The Kier molecular flexibility index (Phi) is 4.96. The third kappa shape index (κ3) is 4.07. The summed E-state index contributed by atoms with van der Waals surface area (Å²) in [5, 5.41) is 11.7. The maximum Gasteiger partial charge on any atom is 0.182 e. The summed E-state index contributed by atoms with van der Waals surface area (Å²) in [7, 11) is 0. The van der Waals surface area contributed by atoms with Gasteiger partial charge in [-0.05, 0) is 6.92 Å². The lowest BCUT2D eigenvalue weighted by Gasteiger charge is -2.06. The highest BCUT2D eigenvalue weighted by atomic mass is 16.5. The van der Waals surface area contributed by atoms with Gasteiger partial charge in [-0.1, -0.05) is 12.2 Å². The zero-order chi connectivity index (χ0) is 11.8. The predicted octanol–water partition coefficient (Wildman–Crippen LogP) is 1.35. The lowest BCUT2D eigenvalue weighted by Crippen LogP contribution is -2.12. The first kappa shape index (κ1) is 12.1. The number of nitrogens with one attached hydrogen (secondary N) is 1. The van der Waals surface area contributed by atoms with Crippen LogP contribution in [0.4, 0.5) is 5.82 Å². The molecule has 0 saturated carbocycles. The van der Waals surface area contributed by atoms with E-state index in [9.17, 15) is 0 Å². The Balaban J connectivity index is 2.32. The van der Waals surface area contributed by atoms with Crippen molar-refractivity contribution in [2.75, 3.05) is 25.1 Å². The highest BCUT2D eigenvalue weighted by molar-refractivity contribution is 5.46. The van der Waals surface area contributed by atoms with Crippen LogP contribution in [0.5, 0.6) is 0 Å². The van der Waals surface area contributed by atoms with Crippen molar-refractivity contribution in [2.45, 2.75) is 6.92 Å². The summed E-state index contributed by atoms with van der Waals surface area (Å²) in [5.74, 6) is 0.490. The van der Waals surface area contributed by atoms with E-state index in [2.05, 4.69) is 21.9 Å². The number of nitriles is 1. The van der Waals surface area contributed by atoms with Gasteiger partial charge in [0.1, 0.15) is 6.07 Å². The van der Waals surface area contributed by atoms with Crippen molar-refractivity contribution < 1.29 is 4.74 Å². The van der Waals surface area contributed by atoms with Gasteiger partial charge in [0.15, 0.2) is 11.5 Å². The molecule has 0 aliphatic rings. The maximum atomic E-state index is 8.76. The van der Waals surface area contributed by atoms with Crippen molar-refractivity contribution in [2.24, 2.45) is 0 Å². The number of anilines is 1. The molecule has 0 atom stereocenters. The summed E-state index contributed by atoms with van der Waals surface area (Å²) >= 11 is 0. The lowest BCUT2D eigenvalue weighted by molar-refractivity contribution is 0.167. The van der Waals surface area contributed by atoms with Crippen LogP contribution in [0.1, 0.15) is 12.6 Å². The van der Waals surface area contributed by atoms with Crippen molar-refractivity contribution in [3.63, 3.8) is 0 Å². The van der Waals surface area contributed by atoms with Gasteiger partial charge in [0.25, 0.3) is 0 Å². The van der Waals surface area contributed by atoms with Crippen LogP contribution in [0.15, 0.2) is 24.5 Å². The fourth-order valence-corrected chi connectivity index (χ4v) is 1.04. The summed E-state index contributed by atoms with van der Waals surface area (Å²) in [5.41, 5.74) is 1.28. The van der Waals surface area contributed by atoms with Crippen molar-refractivity contribution in [3.8, 4) is 6.07 Å². The number of aromatic nitrogens is 2. The van der Waals surface area contributed by atoms with Crippen LogP contribution in [-0.4, -0.2) is 29.7 Å². The smallest absolute Gasteiger partial charge is 0.182 e. The standard InChI is InChI=1S/C11H14N4O/c1-9(2)8-16-6-5-15-11-10(7-12)13-3-4-14-11/h3-4H,1,5-6,8H2,2H3,(H,14,15). The fourth-order valence-electron chi connectivity index (χ4n) is 1.04. The molecule has 0 saturated heterocycles. The van der Waals surface area contributed by atoms with Gasteiger partial charge in [0.05, 0.1) is 13.2 Å². The molecule has 0 radical (unpaired) electrons. The lowest BCUT2D eigenvalue weighted by atomic mass is 10.4. The second-order valence-corrected chi connectivity index (χ2v) is 3.30. The van der Waals surface area contributed by atoms with Gasteiger partial charge >= 0.3 is 0 Å². The molecule has 1 aromatic heterocycles. The van der Waals surface area contributed by atoms with Gasteiger partial charge in [-0.3, -0.25) is 0 Å². The number of rotatable bonds is 6. The summed E-state index contributed by atoms with van der Waals surface area (Å²) < 4.78 is 5.30. The SMILES string of the molecule is C=C(C)COCCNc1nccnc1C#N. The molecular weight excluding hydrogens is 204 g/mol. The summed E-state index contributed by atoms with van der Waals surface area (Å²) in [4.78, 5) is 7.90. The summed E-state index contributed by atoms with van der Waals surface area (Å²) in [6, 6.07) is 1.96.